The van der Waals surface area contributed by atoms with Gasteiger partial charge in [-0.05, 0) is 50.3 Å². The van der Waals surface area contributed by atoms with E-state index in [4.69, 9.17) is 4.42 Å². The van der Waals surface area contributed by atoms with Crippen molar-refractivity contribution in [1.82, 2.24) is 15.3 Å². The van der Waals surface area contributed by atoms with Crippen molar-refractivity contribution in [1.29, 1.82) is 0 Å². The Labute approximate surface area is 164 Å². The van der Waals surface area contributed by atoms with Crippen LogP contribution in [0.3, 0.4) is 0 Å². The fraction of sp³-hybridized carbons (Fsp3) is 0.421. The molecule has 0 fully saturated rings. The number of hydrogen-bond acceptors (Lipinski definition) is 6. The molecule has 1 aliphatic carbocycles. The number of rotatable bonds is 6. The Morgan fingerprint density at radius 2 is 2.30 bits per heavy atom. The molecule has 2 N–H and O–H groups in total. The number of nitrogens with zero attached hydrogens (tertiary/aromatic N) is 1. The van der Waals surface area contributed by atoms with Gasteiger partial charge in [0.05, 0.1) is 29.2 Å². The van der Waals surface area contributed by atoms with E-state index >= 15 is 0 Å². The molecule has 0 saturated carbocycles. The van der Waals surface area contributed by atoms with Gasteiger partial charge in [-0.15, -0.1) is 23.1 Å². The van der Waals surface area contributed by atoms with Crippen molar-refractivity contribution in [3.63, 3.8) is 0 Å². The summed E-state index contributed by atoms with van der Waals surface area (Å²) in [4.78, 5) is 34.5. The predicted octanol–water partition coefficient (Wildman–Crippen LogP) is 3.39. The lowest BCUT2D eigenvalue weighted by molar-refractivity contribution is -0.120. The number of thiophene rings is 1. The van der Waals surface area contributed by atoms with E-state index in [1.807, 2.05) is 13.0 Å². The van der Waals surface area contributed by atoms with Crippen LogP contribution < -0.4 is 10.9 Å². The fourth-order valence-electron chi connectivity index (χ4n) is 3.29. The Morgan fingerprint density at radius 3 is 3.11 bits per heavy atom. The van der Waals surface area contributed by atoms with Crippen LogP contribution in [0.5, 0.6) is 0 Å². The zero-order chi connectivity index (χ0) is 18.8. The molecule has 0 radical (unpaired) electrons. The van der Waals surface area contributed by atoms with Crippen LogP contribution in [0.1, 0.15) is 41.8 Å². The smallest absolute Gasteiger partial charge is 0.259 e. The largest absolute Gasteiger partial charge is 0.467 e. The Hall–Kier alpha value is -2.06. The van der Waals surface area contributed by atoms with Crippen LogP contribution in [0, 0.1) is 0 Å². The van der Waals surface area contributed by atoms with Crippen molar-refractivity contribution in [2.24, 2.45) is 0 Å². The summed E-state index contributed by atoms with van der Waals surface area (Å²) >= 11 is 3.10. The number of carbonyl (C=O) groups excluding carboxylic acids is 1. The van der Waals surface area contributed by atoms with E-state index in [1.54, 1.807) is 23.7 Å². The minimum atomic E-state index is -0.252. The van der Waals surface area contributed by atoms with Gasteiger partial charge >= 0.3 is 0 Å². The van der Waals surface area contributed by atoms with Crippen LogP contribution in [0.4, 0.5) is 0 Å². The van der Waals surface area contributed by atoms with E-state index < -0.39 is 0 Å². The molecule has 0 bridgehead atoms. The van der Waals surface area contributed by atoms with Crippen molar-refractivity contribution in [2.45, 2.75) is 50.2 Å². The number of thioether (sulfide) groups is 1. The Morgan fingerprint density at radius 1 is 1.44 bits per heavy atom. The lowest BCUT2D eigenvalue weighted by Crippen LogP contribution is -2.30. The van der Waals surface area contributed by atoms with E-state index in [9.17, 15) is 9.59 Å². The Bertz CT molecular complexity index is 1010. The average Bonchev–Trinajstić information content (AvgIpc) is 3.31. The minimum absolute atomic E-state index is 0.0510. The third-order valence-electron chi connectivity index (χ3n) is 4.73. The van der Waals surface area contributed by atoms with Gasteiger partial charge in [0, 0.05) is 4.88 Å². The van der Waals surface area contributed by atoms with Crippen LogP contribution in [0.2, 0.25) is 0 Å². The molecule has 3 heterocycles. The van der Waals surface area contributed by atoms with E-state index in [-0.39, 0.29) is 16.7 Å². The number of hydrogen-bond donors (Lipinski definition) is 2. The Kier molecular flexibility index (Phi) is 5.36. The second-order valence-corrected chi connectivity index (χ2v) is 9.07. The number of furan rings is 1. The highest BCUT2D eigenvalue weighted by atomic mass is 32.2. The number of aryl methyl sites for hydroxylation is 2. The van der Waals surface area contributed by atoms with Crippen molar-refractivity contribution < 1.29 is 9.21 Å². The van der Waals surface area contributed by atoms with Crippen LogP contribution in [0.25, 0.3) is 10.2 Å². The second-order valence-electron chi connectivity index (χ2n) is 6.65. The van der Waals surface area contributed by atoms with Crippen LogP contribution >= 0.6 is 23.1 Å². The zero-order valence-electron chi connectivity index (χ0n) is 15.0. The maximum absolute atomic E-state index is 12.6. The number of nitrogens with one attached hydrogen (secondary N) is 2. The Balaban J connectivity index is 1.41. The molecule has 8 heteroatoms. The van der Waals surface area contributed by atoms with Gasteiger partial charge in [-0.1, -0.05) is 0 Å². The number of aromatic nitrogens is 2. The third kappa shape index (κ3) is 3.96. The molecule has 0 unspecified atom stereocenters. The van der Waals surface area contributed by atoms with Crippen molar-refractivity contribution in [2.75, 3.05) is 0 Å². The molecule has 142 valence electrons. The monoisotopic (exact) mass is 403 g/mol. The van der Waals surface area contributed by atoms with Crippen molar-refractivity contribution >= 4 is 39.2 Å². The first-order chi connectivity index (χ1) is 13.1. The topological polar surface area (TPSA) is 88.0 Å². The first-order valence-corrected chi connectivity index (χ1v) is 10.9. The molecule has 3 aromatic heterocycles. The molecule has 4 rings (SSSR count). The van der Waals surface area contributed by atoms with Gasteiger partial charge in [0.15, 0.2) is 0 Å². The van der Waals surface area contributed by atoms with Gasteiger partial charge < -0.3 is 14.7 Å². The summed E-state index contributed by atoms with van der Waals surface area (Å²) in [6.45, 7) is 2.22. The normalized spacial score (nSPS) is 14.9. The number of fused-ring (bicyclic) bond motifs is 3. The summed E-state index contributed by atoms with van der Waals surface area (Å²) in [5.41, 5.74) is 1.14. The van der Waals surface area contributed by atoms with Crippen molar-refractivity contribution in [3.8, 4) is 0 Å². The quantitative estimate of drug-likeness (QED) is 0.659. The first kappa shape index (κ1) is 18.3. The summed E-state index contributed by atoms with van der Waals surface area (Å²) < 4.78 is 5.21. The number of carbonyl (C=O) groups is 1. The van der Waals surface area contributed by atoms with Crippen LogP contribution in [-0.2, 0) is 29.9 Å². The molecular weight excluding hydrogens is 382 g/mol. The predicted molar refractivity (Wildman–Crippen MR) is 108 cm³/mol. The molecule has 0 saturated heterocycles. The molecule has 0 aromatic carbocycles. The SMILES string of the molecule is C[C@@H](SCc1nc2sc3c(c2c(=O)[nH]1)CCCC3)C(=O)NCc1ccco1. The molecule has 1 aliphatic rings. The molecule has 0 aliphatic heterocycles. The summed E-state index contributed by atoms with van der Waals surface area (Å²) in [5.74, 6) is 1.77. The highest BCUT2D eigenvalue weighted by molar-refractivity contribution is 7.99. The van der Waals surface area contributed by atoms with Gasteiger partial charge in [0.2, 0.25) is 5.91 Å². The highest BCUT2D eigenvalue weighted by Crippen LogP contribution is 2.33. The van der Waals surface area contributed by atoms with Gasteiger partial charge in [0.25, 0.3) is 5.56 Å². The van der Waals surface area contributed by atoms with E-state index in [2.05, 4.69) is 15.3 Å². The molecule has 1 atom stereocenters. The molecule has 1 amide bonds. The standard InChI is InChI=1S/C19H21N3O3S2/c1-11(17(23)20-9-12-5-4-8-25-12)26-10-15-21-18(24)16-13-6-2-3-7-14(13)27-19(16)22-15/h4-5,8,11H,2-3,6-7,9-10H2,1H3,(H,20,23)(H,21,22,24)/t11-/m1/s1. The molecule has 27 heavy (non-hydrogen) atoms. The lowest BCUT2D eigenvalue weighted by Gasteiger charge is -2.11. The van der Waals surface area contributed by atoms with E-state index in [0.717, 1.165) is 35.2 Å². The van der Waals surface area contributed by atoms with Gasteiger partial charge in [-0.2, -0.15) is 0 Å². The van der Waals surface area contributed by atoms with Crippen LogP contribution in [-0.4, -0.2) is 21.1 Å². The van der Waals surface area contributed by atoms with E-state index in [0.29, 0.717) is 18.1 Å². The highest BCUT2D eigenvalue weighted by Gasteiger charge is 2.20. The summed E-state index contributed by atoms with van der Waals surface area (Å²) in [6, 6.07) is 3.61. The summed E-state index contributed by atoms with van der Waals surface area (Å²) in [5, 5.41) is 3.37. The summed E-state index contributed by atoms with van der Waals surface area (Å²) in [7, 11) is 0. The van der Waals surface area contributed by atoms with Gasteiger partial charge in [-0.3, -0.25) is 9.59 Å². The molecular formula is C19H21N3O3S2. The molecule has 3 aromatic rings. The molecule has 6 nitrogen and oxygen atoms in total. The number of amides is 1. The van der Waals surface area contributed by atoms with Crippen molar-refractivity contribution in [3.05, 3.63) is 50.8 Å². The first-order valence-electron chi connectivity index (χ1n) is 9.07. The van der Waals surface area contributed by atoms with Gasteiger partial charge in [-0.25, -0.2) is 4.98 Å². The number of aromatic amines is 1. The average molecular weight is 404 g/mol. The molecule has 0 spiro atoms. The maximum Gasteiger partial charge on any atom is 0.259 e. The zero-order valence-corrected chi connectivity index (χ0v) is 16.7. The van der Waals surface area contributed by atoms with Crippen LogP contribution in [0.15, 0.2) is 27.6 Å². The fourth-order valence-corrected chi connectivity index (χ4v) is 5.35. The minimum Gasteiger partial charge on any atom is -0.467 e. The summed E-state index contributed by atoms with van der Waals surface area (Å²) in [6.07, 6.45) is 5.93. The van der Waals surface area contributed by atoms with Gasteiger partial charge in [0.1, 0.15) is 16.4 Å². The second kappa shape index (κ2) is 7.90. The lowest BCUT2D eigenvalue weighted by atomic mass is 9.97. The third-order valence-corrected chi connectivity index (χ3v) is 7.07. The number of H-pyrrole nitrogens is 1. The maximum atomic E-state index is 12.6. The van der Waals surface area contributed by atoms with E-state index in [1.165, 1.54) is 28.6 Å².